The molecule has 6 N–H and O–H groups in total. The standard InChI is InChI=1S/C34H48N6O7S2/c1-22(2)17-39(49(45,46)26-11-12-29(41)28(35)16-26)19-30(42)27(15-24-9-7-6-8-10-24)34(23(3)4,32(36)43)40-14-13-38(33(40)44)18-25-21-48-31(37-25)20-47-5/h6-12,16,21-23,27,30,41-42H,13-15,17-20,35H2,1-5H3,(H2,36,43)/t27-,30+,34?/m1/s1. The van der Waals surface area contributed by atoms with Crippen LogP contribution in [-0.4, -0.2) is 94.6 Å². The molecule has 1 aliphatic rings. The quantitative estimate of drug-likeness (QED) is 0.120. The van der Waals surface area contributed by atoms with Gasteiger partial charge in [-0.25, -0.2) is 18.2 Å². The number of rotatable bonds is 17. The highest BCUT2D eigenvalue weighted by molar-refractivity contribution is 7.89. The molecule has 4 rings (SSSR count). The number of primary amides is 1. The summed E-state index contributed by atoms with van der Waals surface area (Å²) in [5.74, 6) is -2.78. The monoisotopic (exact) mass is 716 g/mol. The molecule has 15 heteroatoms. The van der Waals surface area contributed by atoms with Gasteiger partial charge in [0.2, 0.25) is 15.9 Å². The molecule has 3 amide bonds. The maximum absolute atomic E-state index is 14.2. The minimum Gasteiger partial charge on any atom is -0.506 e. The van der Waals surface area contributed by atoms with E-state index in [1.54, 1.807) is 25.9 Å². The van der Waals surface area contributed by atoms with Crippen molar-refractivity contribution in [1.82, 2.24) is 19.1 Å². The van der Waals surface area contributed by atoms with E-state index in [9.17, 15) is 28.2 Å². The lowest BCUT2D eigenvalue weighted by atomic mass is 9.68. The van der Waals surface area contributed by atoms with Crippen molar-refractivity contribution in [2.75, 3.05) is 39.0 Å². The summed E-state index contributed by atoms with van der Waals surface area (Å²) in [7, 11) is -2.65. The summed E-state index contributed by atoms with van der Waals surface area (Å²) < 4.78 is 34.4. The lowest BCUT2D eigenvalue weighted by Gasteiger charge is -2.49. The Morgan fingerprint density at radius 1 is 1.12 bits per heavy atom. The van der Waals surface area contributed by atoms with E-state index in [1.807, 2.05) is 49.6 Å². The minimum absolute atomic E-state index is 0.0403. The maximum atomic E-state index is 14.2. The number of nitrogens with zero attached hydrogens (tertiary/aromatic N) is 4. The number of anilines is 1. The summed E-state index contributed by atoms with van der Waals surface area (Å²) in [6.45, 7) is 7.93. The molecule has 0 saturated carbocycles. The van der Waals surface area contributed by atoms with Crippen molar-refractivity contribution in [2.24, 2.45) is 23.5 Å². The predicted octanol–water partition coefficient (Wildman–Crippen LogP) is 3.26. The van der Waals surface area contributed by atoms with E-state index in [2.05, 4.69) is 4.98 Å². The topological polar surface area (TPSA) is 193 Å². The Hall–Kier alpha value is -3.76. The number of urea groups is 1. The lowest BCUT2D eigenvalue weighted by molar-refractivity contribution is -0.140. The molecule has 3 atom stereocenters. The number of hydrogen-bond donors (Lipinski definition) is 4. The molecule has 2 aromatic carbocycles. The fraction of sp³-hybridized carbons (Fsp3) is 0.500. The first kappa shape index (κ1) is 38.0. The van der Waals surface area contributed by atoms with Crippen LogP contribution in [0.25, 0.3) is 0 Å². The zero-order valence-corrected chi connectivity index (χ0v) is 30.3. The minimum atomic E-state index is -4.24. The summed E-state index contributed by atoms with van der Waals surface area (Å²) in [5.41, 5.74) is 11.8. The molecule has 1 aliphatic heterocycles. The zero-order chi connectivity index (χ0) is 36.1. The molecular formula is C34H48N6O7S2. The highest BCUT2D eigenvalue weighted by atomic mass is 32.2. The van der Waals surface area contributed by atoms with Crippen LogP contribution in [0.2, 0.25) is 0 Å². The van der Waals surface area contributed by atoms with Gasteiger partial charge >= 0.3 is 6.03 Å². The second kappa shape index (κ2) is 15.9. The number of aliphatic hydroxyl groups is 1. The SMILES string of the molecule is COCc1nc(CN2CCN(C(C(N)=O)(C(C)C)[C@H](Cc3ccccc3)[C@@H](O)CN(CC(C)C)S(=O)(=O)c3ccc(O)c(N)c3)C2=O)cs1. The molecule has 0 bridgehead atoms. The van der Waals surface area contributed by atoms with Gasteiger partial charge in [-0.2, -0.15) is 4.31 Å². The molecule has 1 unspecified atom stereocenters. The molecule has 3 aromatic rings. The number of thiazole rings is 1. The first-order valence-electron chi connectivity index (χ1n) is 16.2. The van der Waals surface area contributed by atoms with Crippen molar-refractivity contribution in [3.05, 3.63) is 70.2 Å². The van der Waals surface area contributed by atoms with Crippen LogP contribution in [0.15, 0.2) is 58.8 Å². The van der Waals surface area contributed by atoms with Crippen LogP contribution in [0.1, 0.15) is 44.0 Å². The Balaban J connectivity index is 1.77. The Morgan fingerprint density at radius 3 is 2.41 bits per heavy atom. The van der Waals surface area contributed by atoms with Crippen molar-refractivity contribution in [3.63, 3.8) is 0 Å². The lowest BCUT2D eigenvalue weighted by Crippen LogP contribution is -2.69. The summed E-state index contributed by atoms with van der Waals surface area (Å²) in [5, 5.41) is 24.8. The van der Waals surface area contributed by atoms with Crippen LogP contribution >= 0.6 is 11.3 Å². The largest absolute Gasteiger partial charge is 0.506 e. The molecule has 1 fully saturated rings. The van der Waals surface area contributed by atoms with Crippen molar-refractivity contribution in [3.8, 4) is 5.75 Å². The number of ether oxygens (including phenoxy) is 1. The van der Waals surface area contributed by atoms with Gasteiger partial charge in [-0.05, 0) is 42.0 Å². The number of amides is 3. The summed E-state index contributed by atoms with van der Waals surface area (Å²) >= 11 is 1.43. The van der Waals surface area contributed by atoms with Gasteiger partial charge in [-0.3, -0.25) is 4.79 Å². The highest BCUT2D eigenvalue weighted by Crippen LogP contribution is 2.40. The van der Waals surface area contributed by atoms with E-state index in [0.29, 0.717) is 18.8 Å². The third-order valence-corrected chi connectivity index (χ3v) is 11.7. The van der Waals surface area contributed by atoms with Crippen molar-refractivity contribution in [1.29, 1.82) is 0 Å². The first-order valence-corrected chi connectivity index (χ1v) is 18.5. The van der Waals surface area contributed by atoms with Gasteiger partial charge in [0.1, 0.15) is 16.3 Å². The van der Waals surface area contributed by atoms with E-state index < -0.39 is 52.0 Å². The molecule has 0 spiro atoms. The number of phenolic OH excluding ortho intramolecular Hbond substituents is 1. The van der Waals surface area contributed by atoms with Crippen LogP contribution in [0.3, 0.4) is 0 Å². The number of nitrogen functional groups attached to an aromatic ring is 1. The van der Waals surface area contributed by atoms with Crippen LogP contribution in [0.4, 0.5) is 10.5 Å². The fourth-order valence-corrected chi connectivity index (χ4v) is 9.14. The fourth-order valence-electron chi connectivity index (χ4n) is 6.73. The molecule has 1 saturated heterocycles. The van der Waals surface area contributed by atoms with Gasteiger partial charge in [-0.15, -0.1) is 11.3 Å². The Morgan fingerprint density at radius 2 is 1.82 bits per heavy atom. The van der Waals surface area contributed by atoms with E-state index >= 15 is 0 Å². The van der Waals surface area contributed by atoms with Gasteiger partial charge in [0.05, 0.1) is 35.5 Å². The number of benzene rings is 2. The Kier molecular flexibility index (Phi) is 12.3. The second-order valence-electron chi connectivity index (χ2n) is 13.2. The van der Waals surface area contributed by atoms with Gasteiger partial charge < -0.3 is 36.2 Å². The molecule has 0 radical (unpaired) electrons. The number of aromatic nitrogens is 1. The smallest absolute Gasteiger partial charge is 0.321 e. The molecule has 2 heterocycles. The van der Waals surface area contributed by atoms with Gasteiger partial charge in [0, 0.05) is 44.6 Å². The van der Waals surface area contributed by atoms with E-state index in [1.165, 1.54) is 34.4 Å². The number of nitrogens with two attached hydrogens (primary N) is 2. The van der Waals surface area contributed by atoms with Crippen LogP contribution < -0.4 is 11.5 Å². The predicted molar refractivity (Wildman–Crippen MR) is 188 cm³/mol. The third-order valence-electron chi connectivity index (χ3n) is 8.96. The number of methoxy groups -OCH3 is 1. The summed E-state index contributed by atoms with van der Waals surface area (Å²) in [4.78, 5) is 35.6. The number of aliphatic hydroxyl groups excluding tert-OH is 1. The summed E-state index contributed by atoms with van der Waals surface area (Å²) in [6.07, 6.45) is -1.32. The van der Waals surface area contributed by atoms with E-state index in [4.69, 9.17) is 16.2 Å². The number of carbonyl (C=O) groups is 2. The van der Waals surface area contributed by atoms with Crippen molar-refractivity contribution >= 4 is 39.0 Å². The molecular weight excluding hydrogens is 669 g/mol. The number of hydrogen-bond acceptors (Lipinski definition) is 10. The summed E-state index contributed by atoms with van der Waals surface area (Å²) in [6, 6.07) is 12.4. The molecule has 268 valence electrons. The zero-order valence-electron chi connectivity index (χ0n) is 28.7. The van der Waals surface area contributed by atoms with E-state index in [-0.39, 0.29) is 48.3 Å². The number of phenols is 1. The second-order valence-corrected chi connectivity index (χ2v) is 16.0. The van der Waals surface area contributed by atoms with Crippen LogP contribution in [0, 0.1) is 17.8 Å². The Bertz CT molecular complexity index is 1700. The van der Waals surface area contributed by atoms with Gasteiger partial charge in [-0.1, -0.05) is 58.0 Å². The van der Waals surface area contributed by atoms with Gasteiger partial charge in [0.25, 0.3) is 0 Å². The number of carbonyl (C=O) groups excluding carboxylic acids is 2. The van der Waals surface area contributed by atoms with Gasteiger partial charge in [0.15, 0.2) is 0 Å². The third kappa shape index (κ3) is 8.18. The maximum Gasteiger partial charge on any atom is 0.321 e. The van der Waals surface area contributed by atoms with Crippen molar-refractivity contribution < 1.29 is 33.0 Å². The Labute approximate surface area is 292 Å². The average molecular weight is 717 g/mol. The molecule has 0 aliphatic carbocycles. The molecule has 13 nitrogen and oxygen atoms in total. The number of aromatic hydroxyl groups is 1. The van der Waals surface area contributed by atoms with E-state index in [0.717, 1.165) is 14.9 Å². The number of sulfonamides is 1. The van der Waals surface area contributed by atoms with Crippen LogP contribution in [-0.2, 0) is 39.1 Å². The molecule has 49 heavy (non-hydrogen) atoms. The first-order chi connectivity index (χ1) is 23.1. The molecule has 1 aromatic heterocycles. The normalized spacial score (nSPS) is 16.5. The highest BCUT2D eigenvalue weighted by Gasteiger charge is 2.58. The van der Waals surface area contributed by atoms with Crippen molar-refractivity contribution in [2.45, 2.75) is 63.8 Å². The van der Waals surface area contributed by atoms with Crippen LogP contribution in [0.5, 0.6) is 5.75 Å². The average Bonchev–Trinajstić information content (AvgIpc) is 3.64.